The second-order valence-corrected chi connectivity index (χ2v) is 4.02. The summed E-state index contributed by atoms with van der Waals surface area (Å²) in [6.45, 7) is 2.48. The summed E-state index contributed by atoms with van der Waals surface area (Å²) >= 11 is 1.19. The highest BCUT2D eigenvalue weighted by atomic mass is 32.2. The third-order valence-electron chi connectivity index (χ3n) is 1.84. The van der Waals surface area contributed by atoms with Crippen LogP contribution in [0.5, 0.6) is 0 Å². The summed E-state index contributed by atoms with van der Waals surface area (Å²) in [7, 11) is 0. The van der Waals surface area contributed by atoms with Crippen LogP contribution in [0.2, 0.25) is 0 Å². The highest BCUT2D eigenvalue weighted by Crippen LogP contribution is 2.22. The quantitative estimate of drug-likeness (QED) is 0.814. The molecule has 2 rings (SSSR count). The van der Waals surface area contributed by atoms with Crippen LogP contribution in [0.1, 0.15) is 6.92 Å². The van der Waals surface area contributed by atoms with Crippen LogP contribution in [0.25, 0.3) is 11.7 Å². The van der Waals surface area contributed by atoms with Crippen LogP contribution in [-0.2, 0) is 4.79 Å². The van der Waals surface area contributed by atoms with Crippen LogP contribution in [0.4, 0.5) is 0 Å². The molecule has 0 aliphatic carbocycles. The van der Waals surface area contributed by atoms with Gasteiger partial charge >= 0.3 is 0 Å². The fourth-order valence-corrected chi connectivity index (χ4v) is 1.74. The number of nitrogens with one attached hydrogen (secondary N) is 1. The predicted octanol–water partition coefficient (Wildman–Crippen LogP) is 1.56. The number of carbonyl (C=O) groups excluding carboxylic acids is 1. The van der Waals surface area contributed by atoms with Crippen molar-refractivity contribution in [1.29, 1.82) is 0 Å². The molecule has 90 valence electrons. The Morgan fingerprint density at radius 3 is 3.12 bits per heavy atom. The molecular formula is C10H11N3O3S. The molecule has 6 nitrogen and oxygen atoms in total. The van der Waals surface area contributed by atoms with E-state index in [0.29, 0.717) is 23.4 Å². The van der Waals surface area contributed by atoms with Crippen molar-refractivity contribution in [2.75, 3.05) is 12.3 Å². The fourth-order valence-electron chi connectivity index (χ4n) is 1.14. The maximum atomic E-state index is 11.2. The fraction of sp³-hybridized carbons (Fsp3) is 0.300. The van der Waals surface area contributed by atoms with Crippen molar-refractivity contribution in [1.82, 2.24) is 15.5 Å². The molecule has 7 heteroatoms. The molecule has 0 spiro atoms. The number of hydrogen-bond donors (Lipinski definition) is 1. The Morgan fingerprint density at radius 2 is 2.41 bits per heavy atom. The normalized spacial score (nSPS) is 10.4. The van der Waals surface area contributed by atoms with Gasteiger partial charge in [-0.15, -0.1) is 10.2 Å². The van der Waals surface area contributed by atoms with Gasteiger partial charge in [0.15, 0.2) is 5.76 Å². The van der Waals surface area contributed by atoms with Crippen molar-refractivity contribution >= 4 is 17.7 Å². The number of thioether (sulfide) groups is 1. The molecule has 1 N–H and O–H groups in total. The van der Waals surface area contributed by atoms with Gasteiger partial charge < -0.3 is 14.2 Å². The number of furan rings is 1. The first-order chi connectivity index (χ1) is 8.29. The topological polar surface area (TPSA) is 81.2 Å². The number of carbonyl (C=O) groups is 1. The number of aromatic nitrogens is 2. The van der Waals surface area contributed by atoms with Gasteiger partial charge in [-0.3, -0.25) is 4.79 Å². The second-order valence-electron chi connectivity index (χ2n) is 3.09. The lowest BCUT2D eigenvalue weighted by Gasteiger charge is -1.97. The van der Waals surface area contributed by atoms with Gasteiger partial charge in [0, 0.05) is 6.54 Å². The molecule has 0 aliphatic rings. The summed E-state index contributed by atoms with van der Waals surface area (Å²) in [5, 5.41) is 10.7. The van der Waals surface area contributed by atoms with Crippen LogP contribution in [0.3, 0.4) is 0 Å². The molecule has 0 fully saturated rings. The molecule has 0 saturated heterocycles. The maximum Gasteiger partial charge on any atom is 0.284 e. The first kappa shape index (κ1) is 11.7. The zero-order valence-corrected chi connectivity index (χ0v) is 9.99. The minimum Gasteiger partial charge on any atom is -0.459 e. The van der Waals surface area contributed by atoms with Gasteiger partial charge in [-0.25, -0.2) is 0 Å². The molecule has 0 unspecified atom stereocenters. The van der Waals surface area contributed by atoms with Crippen molar-refractivity contribution in [3.8, 4) is 11.7 Å². The maximum absolute atomic E-state index is 11.2. The Hall–Kier alpha value is -1.76. The van der Waals surface area contributed by atoms with Gasteiger partial charge in [0.2, 0.25) is 5.91 Å². The van der Waals surface area contributed by atoms with E-state index in [4.69, 9.17) is 8.83 Å². The number of rotatable bonds is 5. The van der Waals surface area contributed by atoms with E-state index < -0.39 is 0 Å². The highest BCUT2D eigenvalue weighted by Gasteiger charge is 2.12. The smallest absolute Gasteiger partial charge is 0.284 e. The van der Waals surface area contributed by atoms with Crippen LogP contribution in [0.15, 0.2) is 32.5 Å². The molecule has 2 heterocycles. The summed E-state index contributed by atoms with van der Waals surface area (Å²) < 4.78 is 10.4. The highest BCUT2D eigenvalue weighted by molar-refractivity contribution is 7.99. The molecule has 0 bridgehead atoms. The third-order valence-corrected chi connectivity index (χ3v) is 2.66. The van der Waals surface area contributed by atoms with E-state index in [1.165, 1.54) is 18.0 Å². The molecule has 0 radical (unpaired) electrons. The number of amides is 1. The Morgan fingerprint density at radius 1 is 1.53 bits per heavy atom. The van der Waals surface area contributed by atoms with E-state index in [-0.39, 0.29) is 11.7 Å². The summed E-state index contributed by atoms with van der Waals surface area (Å²) in [5.41, 5.74) is 0. The molecule has 2 aromatic heterocycles. The summed E-state index contributed by atoms with van der Waals surface area (Å²) in [4.78, 5) is 11.2. The lowest BCUT2D eigenvalue weighted by Crippen LogP contribution is -2.24. The minimum absolute atomic E-state index is 0.0600. The van der Waals surface area contributed by atoms with Gasteiger partial charge in [-0.1, -0.05) is 11.8 Å². The van der Waals surface area contributed by atoms with E-state index in [2.05, 4.69) is 15.5 Å². The molecule has 0 atom stereocenters. The second kappa shape index (κ2) is 5.53. The molecule has 0 saturated carbocycles. The predicted molar refractivity (Wildman–Crippen MR) is 61.4 cm³/mol. The number of nitrogens with zero attached hydrogens (tertiary/aromatic N) is 2. The summed E-state index contributed by atoms with van der Waals surface area (Å²) in [6, 6.07) is 3.47. The van der Waals surface area contributed by atoms with Crippen molar-refractivity contribution in [2.24, 2.45) is 0 Å². The van der Waals surface area contributed by atoms with Crippen molar-refractivity contribution in [3.63, 3.8) is 0 Å². The molecule has 17 heavy (non-hydrogen) atoms. The SMILES string of the molecule is CCNC(=O)CSc1nnc(-c2ccco2)o1. The van der Waals surface area contributed by atoms with Crippen LogP contribution in [0, 0.1) is 0 Å². The van der Waals surface area contributed by atoms with Gasteiger partial charge in [0.1, 0.15) is 0 Å². The molecular weight excluding hydrogens is 242 g/mol. The number of hydrogen-bond acceptors (Lipinski definition) is 6. The Bertz CT molecular complexity index is 481. The van der Waals surface area contributed by atoms with Gasteiger partial charge in [0.05, 0.1) is 12.0 Å². The monoisotopic (exact) mass is 253 g/mol. The standard InChI is InChI=1S/C10H11N3O3S/c1-2-11-8(14)6-17-10-13-12-9(16-10)7-4-3-5-15-7/h3-5H,2,6H2,1H3,(H,11,14). The average Bonchev–Trinajstić information content (AvgIpc) is 2.97. The van der Waals surface area contributed by atoms with Gasteiger partial charge in [-0.05, 0) is 19.1 Å². The van der Waals surface area contributed by atoms with Gasteiger partial charge in [-0.2, -0.15) is 0 Å². The molecule has 1 amide bonds. The zero-order valence-electron chi connectivity index (χ0n) is 9.17. The Labute approximate surface area is 102 Å². The first-order valence-corrected chi connectivity index (χ1v) is 6.05. The zero-order chi connectivity index (χ0) is 12.1. The molecule has 0 aliphatic heterocycles. The van der Waals surface area contributed by atoms with E-state index >= 15 is 0 Å². The Kier molecular flexibility index (Phi) is 3.81. The van der Waals surface area contributed by atoms with E-state index in [9.17, 15) is 4.79 Å². The molecule has 0 aromatic carbocycles. The molecule has 2 aromatic rings. The Balaban J connectivity index is 1.93. The largest absolute Gasteiger partial charge is 0.459 e. The lowest BCUT2D eigenvalue weighted by atomic mass is 10.5. The van der Waals surface area contributed by atoms with Crippen molar-refractivity contribution < 1.29 is 13.6 Å². The minimum atomic E-state index is -0.0600. The van der Waals surface area contributed by atoms with Crippen LogP contribution >= 0.6 is 11.8 Å². The van der Waals surface area contributed by atoms with Crippen molar-refractivity contribution in [3.05, 3.63) is 18.4 Å². The first-order valence-electron chi connectivity index (χ1n) is 5.06. The van der Waals surface area contributed by atoms with Crippen LogP contribution in [-0.4, -0.2) is 28.4 Å². The van der Waals surface area contributed by atoms with Crippen LogP contribution < -0.4 is 5.32 Å². The van der Waals surface area contributed by atoms with E-state index in [1.54, 1.807) is 12.1 Å². The van der Waals surface area contributed by atoms with E-state index in [1.807, 2.05) is 6.92 Å². The summed E-state index contributed by atoms with van der Waals surface area (Å²) in [5.74, 6) is 1.03. The lowest BCUT2D eigenvalue weighted by molar-refractivity contribution is -0.118. The average molecular weight is 253 g/mol. The third kappa shape index (κ3) is 3.10. The summed E-state index contributed by atoms with van der Waals surface area (Å²) in [6.07, 6.45) is 1.53. The van der Waals surface area contributed by atoms with Gasteiger partial charge in [0.25, 0.3) is 11.1 Å². The van der Waals surface area contributed by atoms with E-state index in [0.717, 1.165) is 0 Å². The van der Waals surface area contributed by atoms with Crippen molar-refractivity contribution in [2.45, 2.75) is 12.1 Å².